The number of halogens is 3. The van der Waals surface area contributed by atoms with E-state index in [9.17, 15) is 18.4 Å². The fraction of sp³-hybridized carbons (Fsp3) is 0.182. The van der Waals surface area contributed by atoms with Gasteiger partial charge in [0.15, 0.2) is 0 Å². The molecule has 0 saturated carbocycles. The molecule has 0 spiro atoms. The third-order valence-corrected chi connectivity index (χ3v) is 5.29. The Hall–Kier alpha value is -3.00. The number of aromatic nitrogens is 1. The highest BCUT2D eigenvalue weighted by atomic mass is 79.9. The first-order valence-corrected chi connectivity index (χ1v) is 9.74. The summed E-state index contributed by atoms with van der Waals surface area (Å²) in [6.45, 7) is 1.55. The summed E-state index contributed by atoms with van der Waals surface area (Å²) in [7, 11) is 1.31. The van der Waals surface area contributed by atoms with Crippen LogP contribution in [-0.2, 0) is 17.8 Å². The summed E-state index contributed by atoms with van der Waals surface area (Å²) < 4.78 is 37.7. The molecule has 1 aromatic heterocycles. The summed E-state index contributed by atoms with van der Waals surface area (Å²) in [5, 5.41) is 0. The number of benzene rings is 2. The fourth-order valence-electron chi connectivity index (χ4n) is 2.94. The number of methoxy groups -OCH3 is 1. The number of hydrogen-bond donors (Lipinski definition) is 1. The second kappa shape index (κ2) is 9.21. The number of nitrogens with one attached hydrogen (secondary N) is 1. The van der Waals surface area contributed by atoms with Gasteiger partial charge < -0.3 is 14.5 Å². The highest BCUT2D eigenvalue weighted by molar-refractivity contribution is 9.10. The Balaban J connectivity index is 1.91. The summed E-state index contributed by atoms with van der Waals surface area (Å²) in [5.41, 5.74) is 2.34. The molecule has 3 rings (SSSR count). The average molecular weight is 478 g/mol. The number of aryl methyl sites for hydroxylation is 1. The molecule has 0 saturated heterocycles. The highest BCUT2D eigenvalue weighted by Crippen LogP contribution is 2.31. The standard InChI is InChI=1S/C22H18BrF2NO4/c1-12-17(9-13-3-5-14(6-4-13)22(28)29-2)20(19(23)21(27)26-12)30-11-15-7-8-16(24)10-18(15)25/h3-8,10H,9,11H2,1-2H3,(H,26,27). The summed E-state index contributed by atoms with van der Waals surface area (Å²) in [6.07, 6.45) is 0.393. The normalized spacial score (nSPS) is 10.7. The number of esters is 1. The molecule has 8 heteroatoms. The first-order chi connectivity index (χ1) is 14.3. The lowest BCUT2D eigenvalue weighted by atomic mass is 10.0. The van der Waals surface area contributed by atoms with Crippen LogP contribution in [0.15, 0.2) is 51.7 Å². The monoisotopic (exact) mass is 477 g/mol. The SMILES string of the molecule is COC(=O)c1ccc(Cc2c(C)[nH]c(=O)c(Br)c2OCc2ccc(F)cc2F)cc1. The van der Waals surface area contributed by atoms with Gasteiger partial charge in [-0.3, -0.25) is 4.79 Å². The Morgan fingerprint density at radius 3 is 2.47 bits per heavy atom. The predicted molar refractivity (Wildman–Crippen MR) is 111 cm³/mol. The topological polar surface area (TPSA) is 68.4 Å². The maximum absolute atomic E-state index is 14.0. The van der Waals surface area contributed by atoms with Gasteiger partial charge >= 0.3 is 5.97 Å². The van der Waals surface area contributed by atoms with Crippen LogP contribution in [0.25, 0.3) is 0 Å². The second-order valence-electron chi connectivity index (χ2n) is 6.59. The van der Waals surface area contributed by atoms with Crippen LogP contribution in [0.2, 0.25) is 0 Å². The molecule has 1 heterocycles. The van der Waals surface area contributed by atoms with Crippen LogP contribution >= 0.6 is 15.9 Å². The number of H-pyrrole nitrogens is 1. The maximum Gasteiger partial charge on any atom is 0.337 e. The molecule has 0 bridgehead atoms. The van der Waals surface area contributed by atoms with Gasteiger partial charge in [-0.15, -0.1) is 0 Å². The number of carbonyl (C=O) groups excluding carboxylic acids is 1. The lowest BCUT2D eigenvalue weighted by Gasteiger charge is -2.16. The summed E-state index contributed by atoms with van der Waals surface area (Å²) in [5.74, 6) is -1.57. The van der Waals surface area contributed by atoms with Crippen molar-refractivity contribution in [3.8, 4) is 5.75 Å². The molecule has 0 radical (unpaired) electrons. The van der Waals surface area contributed by atoms with Gasteiger partial charge in [0.25, 0.3) is 5.56 Å². The molecule has 0 atom stereocenters. The van der Waals surface area contributed by atoms with Gasteiger partial charge in [0, 0.05) is 29.3 Å². The fourth-order valence-corrected chi connectivity index (χ4v) is 3.39. The number of pyridine rings is 1. The van der Waals surface area contributed by atoms with Crippen LogP contribution in [0.1, 0.15) is 32.7 Å². The van der Waals surface area contributed by atoms with Crippen molar-refractivity contribution in [1.82, 2.24) is 4.98 Å². The largest absolute Gasteiger partial charge is 0.487 e. The van der Waals surface area contributed by atoms with E-state index in [1.165, 1.54) is 13.2 Å². The minimum Gasteiger partial charge on any atom is -0.487 e. The minimum atomic E-state index is -0.729. The molecule has 156 valence electrons. The van der Waals surface area contributed by atoms with Crippen molar-refractivity contribution < 1.29 is 23.0 Å². The van der Waals surface area contributed by atoms with Crippen molar-refractivity contribution in [2.24, 2.45) is 0 Å². The second-order valence-corrected chi connectivity index (χ2v) is 7.38. The van der Waals surface area contributed by atoms with Crippen LogP contribution in [0.3, 0.4) is 0 Å². The van der Waals surface area contributed by atoms with E-state index in [1.807, 2.05) is 0 Å². The summed E-state index contributed by atoms with van der Waals surface area (Å²) >= 11 is 3.24. The zero-order valence-electron chi connectivity index (χ0n) is 16.2. The highest BCUT2D eigenvalue weighted by Gasteiger charge is 2.17. The van der Waals surface area contributed by atoms with Crippen molar-refractivity contribution in [1.29, 1.82) is 0 Å². The van der Waals surface area contributed by atoms with Crippen molar-refractivity contribution in [3.63, 3.8) is 0 Å². The van der Waals surface area contributed by atoms with E-state index in [4.69, 9.17) is 9.47 Å². The van der Waals surface area contributed by atoms with Crippen molar-refractivity contribution in [2.45, 2.75) is 20.0 Å². The molecule has 0 aliphatic rings. The van der Waals surface area contributed by atoms with E-state index in [1.54, 1.807) is 31.2 Å². The first kappa shape index (κ1) is 21.7. The maximum atomic E-state index is 14.0. The van der Waals surface area contributed by atoms with Crippen molar-refractivity contribution >= 4 is 21.9 Å². The third-order valence-electron chi connectivity index (χ3n) is 4.57. The molecule has 2 aromatic carbocycles. The Labute approximate surface area is 179 Å². The number of carbonyl (C=O) groups is 1. The van der Waals surface area contributed by atoms with E-state index < -0.39 is 17.6 Å². The molecule has 0 amide bonds. The molecular weight excluding hydrogens is 460 g/mol. The van der Waals surface area contributed by atoms with Gasteiger partial charge in [-0.05, 0) is 52.7 Å². The third kappa shape index (κ3) is 4.76. The van der Waals surface area contributed by atoms with Crippen LogP contribution < -0.4 is 10.3 Å². The zero-order valence-corrected chi connectivity index (χ0v) is 17.8. The van der Waals surface area contributed by atoms with E-state index in [-0.39, 0.29) is 28.0 Å². The number of rotatable bonds is 6. The molecule has 1 N–H and O–H groups in total. The van der Waals surface area contributed by atoms with Gasteiger partial charge in [0.2, 0.25) is 0 Å². The van der Waals surface area contributed by atoms with Gasteiger partial charge in [-0.1, -0.05) is 12.1 Å². The Morgan fingerprint density at radius 2 is 1.83 bits per heavy atom. The van der Waals surface area contributed by atoms with Gasteiger partial charge in [-0.25, -0.2) is 13.6 Å². The van der Waals surface area contributed by atoms with Gasteiger partial charge in [0.05, 0.1) is 12.7 Å². The lowest BCUT2D eigenvalue weighted by Crippen LogP contribution is -2.15. The number of hydrogen-bond acceptors (Lipinski definition) is 4. The molecule has 30 heavy (non-hydrogen) atoms. The van der Waals surface area contributed by atoms with Crippen LogP contribution in [0.4, 0.5) is 8.78 Å². The lowest BCUT2D eigenvalue weighted by molar-refractivity contribution is 0.0600. The molecule has 0 aliphatic carbocycles. The molecule has 5 nitrogen and oxygen atoms in total. The van der Waals surface area contributed by atoms with Crippen molar-refractivity contribution in [3.05, 3.63) is 96.9 Å². The van der Waals surface area contributed by atoms with E-state index in [0.29, 0.717) is 23.2 Å². The van der Waals surface area contributed by atoms with Gasteiger partial charge in [-0.2, -0.15) is 0 Å². The summed E-state index contributed by atoms with van der Waals surface area (Å²) in [4.78, 5) is 26.5. The zero-order chi connectivity index (χ0) is 21.8. The van der Waals surface area contributed by atoms with E-state index in [2.05, 4.69) is 20.9 Å². The molecular formula is C22H18BrF2NO4. The molecule has 0 aliphatic heterocycles. The van der Waals surface area contributed by atoms with E-state index >= 15 is 0 Å². The number of aromatic amines is 1. The smallest absolute Gasteiger partial charge is 0.337 e. The quantitative estimate of drug-likeness (QED) is 0.523. The molecule has 3 aromatic rings. The Kier molecular flexibility index (Phi) is 6.66. The van der Waals surface area contributed by atoms with Crippen molar-refractivity contribution in [2.75, 3.05) is 7.11 Å². The average Bonchev–Trinajstić information content (AvgIpc) is 2.72. The van der Waals surface area contributed by atoms with Crippen LogP contribution in [0.5, 0.6) is 5.75 Å². The minimum absolute atomic E-state index is 0.162. The van der Waals surface area contributed by atoms with Gasteiger partial charge in [0.1, 0.15) is 28.5 Å². The van der Waals surface area contributed by atoms with E-state index in [0.717, 1.165) is 17.7 Å². The first-order valence-electron chi connectivity index (χ1n) is 8.95. The Morgan fingerprint density at radius 1 is 1.13 bits per heavy atom. The number of ether oxygens (including phenoxy) is 2. The molecule has 0 unspecified atom stereocenters. The summed E-state index contributed by atoms with van der Waals surface area (Å²) in [6, 6.07) is 10.0. The molecule has 0 fully saturated rings. The van der Waals surface area contributed by atoms with Crippen LogP contribution in [0, 0.1) is 18.6 Å². The Bertz CT molecular complexity index is 1140. The van der Waals surface area contributed by atoms with Crippen LogP contribution in [-0.4, -0.2) is 18.1 Å². The predicted octanol–water partition coefficient (Wildman–Crippen LogP) is 4.68.